The fraction of sp³-hybridized carbons (Fsp3) is 0.900. The zero-order chi connectivity index (χ0) is 8.22. The molecule has 11 heavy (non-hydrogen) atoms. The highest BCUT2D eigenvalue weighted by Gasteiger charge is 2.56. The molecule has 2 rings (SSSR count). The molecule has 0 N–H and O–H groups in total. The van der Waals surface area contributed by atoms with Crippen LogP contribution in [0.5, 0.6) is 0 Å². The number of ketones is 1. The molecule has 0 spiro atoms. The second-order valence-corrected chi connectivity index (χ2v) is 4.86. The number of carbonyl (C=O) groups excluding carboxylic acids is 1. The van der Waals surface area contributed by atoms with E-state index in [9.17, 15) is 4.79 Å². The Labute approximate surface area is 68.2 Å². The summed E-state index contributed by atoms with van der Waals surface area (Å²) < 4.78 is 0. The Morgan fingerprint density at radius 3 is 2.36 bits per heavy atom. The Morgan fingerprint density at radius 1 is 1.45 bits per heavy atom. The van der Waals surface area contributed by atoms with Crippen LogP contribution < -0.4 is 0 Å². The zero-order valence-electron chi connectivity index (χ0n) is 7.55. The lowest BCUT2D eigenvalue weighted by Gasteiger charge is -2.23. The van der Waals surface area contributed by atoms with E-state index < -0.39 is 0 Å². The Hall–Kier alpha value is -0.330. The van der Waals surface area contributed by atoms with Crippen molar-refractivity contribution < 1.29 is 4.79 Å². The largest absolute Gasteiger partial charge is 0.299 e. The molecule has 3 atom stereocenters. The van der Waals surface area contributed by atoms with Crippen LogP contribution in [0.2, 0.25) is 0 Å². The maximum atomic E-state index is 11.4. The van der Waals surface area contributed by atoms with Crippen LogP contribution in [0, 0.1) is 23.2 Å². The van der Waals surface area contributed by atoms with Crippen LogP contribution in [0.1, 0.15) is 33.6 Å². The van der Waals surface area contributed by atoms with Crippen LogP contribution in [-0.2, 0) is 4.79 Å². The first-order chi connectivity index (χ1) is 5.03. The Bertz CT molecular complexity index is 205. The van der Waals surface area contributed by atoms with Gasteiger partial charge in [-0.2, -0.15) is 0 Å². The summed E-state index contributed by atoms with van der Waals surface area (Å²) >= 11 is 0. The van der Waals surface area contributed by atoms with Crippen LogP contribution in [0.3, 0.4) is 0 Å². The molecule has 0 aromatic heterocycles. The predicted octanol–water partition coefficient (Wildman–Crippen LogP) is 2.26. The van der Waals surface area contributed by atoms with E-state index in [1.807, 2.05) is 0 Å². The third-order valence-corrected chi connectivity index (χ3v) is 3.96. The number of hydrogen-bond donors (Lipinski definition) is 0. The molecule has 1 heteroatoms. The summed E-state index contributed by atoms with van der Waals surface area (Å²) in [6.07, 6.45) is 2.01. The van der Waals surface area contributed by atoms with Crippen LogP contribution in [-0.4, -0.2) is 5.78 Å². The summed E-state index contributed by atoms with van der Waals surface area (Å²) in [4.78, 5) is 11.4. The van der Waals surface area contributed by atoms with Crippen LogP contribution in [0.4, 0.5) is 0 Å². The first kappa shape index (κ1) is 7.33. The Morgan fingerprint density at radius 2 is 2.09 bits per heavy atom. The second kappa shape index (κ2) is 1.88. The fourth-order valence-corrected chi connectivity index (χ4v) is 3.20. The zero-order valence-corrected chi connectivity index (χ0v) is 7.55. The summed E-state index contributed by atoms with van der Waals surface area (Å²) in [5, 5.41) is 0. The van der Waals surface area contributed by atoms with E-state index in [4.69, 9.17) is 0 Å². The maximum absolute atomic E-state index is 11.4. The standard InChI is InChI=1S/C10H16O/c1-6-4-8-9(11)5-7(6)10(8,2)3/h6-8H,4-5H2,1-3H3. The summed E-state index contributed by atoms with van der Waals surface area (Å²) in [6, 6.07) is 0. The van der Waals surface area contributed by atoms with Gasteiger partial charge in [-0.25, -0.2) is 0 Å². The van der Waals surface area contributed by atoms with E-state index in [0.717, 1.165) is 18.8 Å². The number of fused-ring (bicyclic) bond motifs is 2. The molecule has 0 aliphatic heterocycles. The molecular weight excluding hydrogens is 136 g/mol. The van der Waals surface area contributed by atoms with Gasteiger partial charge in [0.05, 0.1) is 0 Å². The number of hydrogen-bond acceptors (Lipinski definition) is 1. The van der Waals surface area contributed by atoms with Crippen molar-refractivity contribution in [2.75, 3.05) is 0 Å². The van der Waals surface area contributed by atoms with E-state index in [-0.39, 0.29) is 0 Å². The third-order valence-electron chi connectivity index (χ3n) is 3.96. The highest BCUT2D eigenvalue weighted by Crippen LogP contribution is 2.58. The van der Waals surface area contributed by atoms with Gasteiger partial charge < -0.3 is 0 Å². The first-order valence-electron chi connectivity index (χ1n) is 4.56. The van der Waals surface area contributed by atoms with Crippen molar-refractivity contribution in [3.05, 3.63) is 0 Å². The average molecular weight is 152 g/mol. The van der Waals surface area contributed by atoms with E-state index in [1.54, 1.807) is 0 Å². The van der Waals surface area contributed by atoms with Crippen molar-refractivity contribution >= 4 is 5.78 Å². The van der Waals surface area contributed by atoms with Crippen molar-refractivity contribution in [1.29, 1.82) is 0 Å². The van der Waals surface area contributed by atoms with Crippen LogP contribution in [0.25, 0.3) is 0 Å². The molecule has 0 amide bonds. The van der Waals surface area contributed by atoms with Crippen molar-refractivity contribution in [2.24, 2.45) is 23.2 Å². The minimum Gasteiger partial charge on any atom is -0.299 e. The van der Waals surface area contributed by atoms with Gasteiger partial charge >= 0.3 is 0 Å². The highest BCUT2D eigenvalue weighted by atomic mass is 16.1. The molecule has 2 aliphatic carbocycles. The smallest absolute Gasteiger partial charge is 0.136 e. The SMILES string of the molecule is CC1CC2C(=O)CC1C2(C)C. The molecule has 0 heterocycles. The Kier molecular flexibility index (Phi) is 1.25. The summed E-state index contributed by atoms with van der Waals surface area (Å²) in [5.74, 6) is 2.38. The molecule has 2 fully saturated rings. The van der Waals surface area contributed by atoms with E-state index in [0.29, 0.717) is 23.0 Å². The highest BCUT2D eigenvalue weighted by molar-refractivity contribution is 5.85. The number of Topliss-reactive ketones (excluding diaryl/α,β-unsaturated/α-hetero) is 1. The minimum atomic E-state index is 0.316. The van der Waals surface area contributed by atoms with Gasteiger partial charge in [-0.3, -0.25) is 4.79 Å². The van der Waals surface area contributed by atoms with Gasteiger partial charge in [-0.15, -0.1) is 0 Å². The monoisotopic (exact) mass is 152 g/mol. The van der Waals surface area contributed by atoms with Gasteiger partial charge in [-0.05, 0) is 23.7 Å². The topological polar surface area (TPSA) is 17.1 Å². The molecule has 1 nitrogen and oxygen atoms in total. The molecule has 62 valence electrons. The van der Waals surface area contributed by atoms with Crippen molar-refractivity contribution in [3.8, 4) is 0 Å². The molecule has 0 radical (unpaired) electrons. The molecule has 2 aliphatic rings. The van der Waals surface area contributed by atoms with Gasteiger partial charge in [0.1, 0.15) is 5.78 Å². The lowest BCUT2D eigenvalue weighted by Crippen LogP contribution is -2.19. The van der Waals surface area contributed by atoms with Gasteiger partial charge in [0, 0.05) is 12.3 Å². The van der Waals surface area contributed by atoms with Gasteiger partial charge in [0.15, 0.2) is 0 Å². The van der Waals surface area contributed by atoms with Gasteiger partial charge in [-0.1, -0.05) is 20.8 Å². The molecule has 0 aromatic rings. The van der Waals surface area contributed by atoms with E-state index >= 15 is 0 Å². The predicted molar refractivity (Wildman–Crippen MR) is 44.2 cm³/mol. The van der Waals surface area contributed by atoms with Crippen molar-refractivity contribution in [3.63, 3.8) is 0 Å². The average Bonchev–Trinajstić information content (AvgIpc) is 2.21. The van der Waals surface area contributed by atoms with Gasteiger partial charge in [0.2, 0.25) is 0 Å². The first-order valence-corrected chi connectivity index (χ1v) is 4.56. The van der Waals surface area contributed by atoms with E-state index in [2.05, 4.69) is 20.8 Å². The maximum Gasteiger partial charge on any atom is 0.136 e. The summed E-state index contributed by atoms with van der Waals surface area (Å²) in [5.41, 5.74) is 0.316. The quantitative estimate of drug-likeness (QED) is 0.520. The molecule has 2 bridgehead atoms. The lowest BCUT2D eigenvalue weighted by molar-refractivity contribution is -0.122. The van der Waals surface area contributed by atoms with Crippen molar-refractivity contribution in [1.82, 2.24) is 0 Å². The summed E-state index contributed by atoms with van der Waals surface area (Å²) in [7, 11) is 0. The fourth-order valence-electron chi connectivity index (χ4n) is 3.20. The molecule has 0 aromatic carbocycles. The normalized spacial score (nSPS) is 46.8. The van der Waals surface area contributed by atoms with Crippen LogP contribution >= 0.6 is 0 Å². The second-order valence-electron chi connectivity index (χ2n) is 4.86. The Balaban J connectivity index is 2.35. The molecule has 0 saturated heterocycles. The number of rotatable bonds is 0. The van der Waals surface area contributed by atoms with Crippen LogP contribution in [0.15, 0.2) is 0 Å². The molecular formula is C10H16O. The molecule has 2 saturated carbocycles. The van der Waals surface area contributed by atoms with Crippen molar-refractivity contribution in [2.45, 2.75) is 33.6 Å². The summed E-state index contributed by atoms with van der Waals surface area (Å²) in [6.45, 7) is 6.81. The third kappa shape index (κ3) is 0.743. The van der Waals surface area contributed by atoms with Gasteiger partial charge in [0.25, 0.3) is 0 Å². The lowest BCUT2D eigenvalue weighted by atomic mass is 9.80. The number of carbonyl (C=O) groups is 1. The molecule has 3 unspecified atom stereocenters. The minimum absolute atomic E-state index is 0.316. The van der Waals surface area contributed by atoms with E-state index in [1.165, 1.54) is 0 Å².